The largest absolute Gasteiger partial charge is 0.405 e. The Morgan fingerprint density at radius 1 is 1.29 bits per heavy atom. The molecule has 118 valence electrons. The Hall–Kier alpha value is -1.23. The molecule has 0 aromatic heterocycles. The number of rotatable bonds is 7. The summed E-state index contributed by atoms with van der Waals surface area (Å²) in [5.41, 5.74) is 2.86. The van der Waals surface area contributed by atoms with Crippen LogP contribution in [0.5, 0.6) is 0 Å². The molecule has 1 N–H and O–H groups in total. The quantitative estimate of drug-likeness (QED) is 0.818. The number of nitrogens with one attached hydrogen (secondary N) is 1. The molecule has 0 saturated heterocycles. The number of hydrogen-bond acceptors (Lipinski definition) is 2. The lowest BCUT2D eigenvalue weighted by molar-refractivity contribution is -0.119. The third kappa shape index (κ3) is 5.23. The fourth-order valence-corrected chi connectivity index (χ4v) is 2.40. The van der Waals surface area contributed by atoms with Crippen molar-refractivity contribution in [1.29, 1.82) is 0 Å². The number of anilines is 1. The second-order valence-corrected chi connectivity index (χ2v) is 5.80. The summed E-state index contributed by atoms with van der Waals surface area (Å²) in [7, 11) is 0. The molecule has 0 amide bonds. The van der Waals surface area contributed by atoms with E-state index in [0.717, 1.165) is 17.7 Å². The highest BCUT2D eigenvalue weighted by molar-refractivity contribution is 5.51. The van der Waals surface area contributed by atoms with Crippen LogP contribution in [0.15, 0.2) is 18.2 Å². The molecule has 0 bridgehead atoms. The van der Waals surface area contributed by atoms with Gasteiger partial charge < -0.3 is 10.2 Å². The Morgan fingerprint density at radius 2 is 2.00 bits per heavy atom. The molecular formula is C16H23F3N2. The Labute approximate surface area is 124 Å². The van der Waals surface area contributed by atoms with Gasteiger partial charge in [-0.05, 0) is 49.4 Å². The fraction of sp³-hybridized carbons (Fsp3) is 0.625. The molecule has 1 fully saturated rings. The van der Waals surface area contributed by atoms with Crippen LogP contribution in [0.3, 0.4) is 0 Å². The molecule has 21 heavy (non-hydrogen) atoms. The molecule has 0 atom stereocenters. The van der Waals surface area contributed by atoms with Crippen LogP contribution >= 0.6 is 0 Å². The van der Waals surface area contributed by atoms with Crippen molar-refractivity contribution in [1.82, 2.24) is 5.32 Å². The van der Waals surface area contributed by atoms with E-state index < -0.39 is 12.7 Å². The topological polar surface area (TPSA) is 15.3 Å². The van der Waals surface area contributed by atoms with Crippen molar-refractivity contribution in [2.24, 2.45) is 0 Å². The summed E-state index contributed by atoms with van der Waals surface area (Å²) in [5.74, 6) is 0. The maximum atomic E-state index is 12.7. The lowest BCUT2D eigenvalue weighted by Gasteiger charge is -2.26. The molecule has 0 spiro atoms. The summed E-state index contributed by atoms with van der Waals surface area (Å²) in [6.45, 7) is 4.18. The van der Waals surface area contributed by atoms with Crippen molar-refractivity contribution in [2.75, 3.05) is 18.0 Å². The first-order valence-electron chi connectivity index (χ1n) is 7.53. The molecule has 1 saturated carbocycles. The van der Waals surface area contributed by atoms with Crippen LogP contribution in [-0.4, -0.2) is 25.3 Å². The minimum atomic E-state index is -4.17. The highest BCUT2D eigenvalue weighted by Gasteiger charge is 2.30. The monoisotopic (exact) mass is 300 g/mol. The van der Waals surface area contributed by atoms with Crippen molar-refractivity contribution in [2.45, 2.75) is 51.9 Å². The number of halogens is 3. The molecule has 0 heterocycles. The number of alkyl halides is 3. The maximum Gasteiger partial charge on any atom is 0.405 e. The van der Waals surface area contributed by atoms with Gasteiger partial charge in [0.25, 0.3) is 0 Å². The van der Waals surface area contributed by atoms with E-state index >= 15 is 0 Å². The maximum absolute atomic E-state index is 12.7. The van der Waals surface area contributed by atoms with Gasteiger partial charge in [0.15, 0.2) is 0 Å². The van der Waals surface area contributed by atoms with E-state index in [4.69, 9.17) is 0 Å². The van der Waals surface area contributed by atoms with Gasteiger partial charge in [-0.15, -0.1) is 0 Å². The summed E-state index contributed by atoms with van der Waals surface area (Å²) < 4.78 is 38.0. The van der Waals surface area contributed by atoms with Crippen LogP contribution < -0.4 is 10.2 Å². The zero-order valence-electron chi connectivity index (χ0n) is 12.6. The van der Waals surface area contributed by atoms with E-state index in [1.54, 1.807) is 6.07 Å². The van der Waals surface area contributed by atoms with Gasteiger partial charge in [0.05, 0.1) is 0 Å². The van der Waals surface area contributed by atoms with Gasteiger partial charge in [-0.1, -0.05) is 13.0 Å². The minimum Gasteiger partial charge on any atom is -0.363 e. The van der Waals surface area contributed by atoms with E-state index in [1.807, 2.05) is 26.0 Å². The van der Waals surface area contributed by atoms with Crippen molar-refractivity contribution in [3.05, 3.63) is 29.3 Å². The molecule has 0 aliphatic heterocycles. The second-order valence-electron chi connectivity index (χ2n) is 5.80. The molecule has 1 aromatic rings. The molecule has 2 nitrogen and oxygen atoms in total. The third-order valence-electron chi connectivity index (χ3n) is 3.71. The van der Waals surface area contributed by atoms with Gasteiger partial charge >= 0.3 is 6.18 Å². The van der Waals surface area contributed by atoms with E-state index in [-0.39, 0.29) is 0 Å². The van der Waals surface area contributed by atoms with Gasteiger partial charge in [-0.2, -0.15) is 13.2 Å². The van der Waals surface area contributed by atoms with Crippen LogP contribution in [0.4, 0.5) is 18.9 Å². The Balaban J connectivity index is 2.07. The van der Waals surface area contributed by atoms with Crippen molar-refractivity contribution in [3.8, 4) is 0 Å². The average molecular weight is 300 g/mol. The first-order valence-corrected chi connectivity index (χ1v) is 7.53. The molecule has 1 aliphatic carbocycles. The molecule has 5 heteroatoms. The van der Waals surface area contributed by atoms with E-state index in [2.05, 4.69) is 5.32 Å². The number of nitrogens with zero attached hydrogens (tertiary/aromatic N) is 1. The lowest BCUT2D eigenvalue weighted by atomic mass is 10.1. The predicted molar refractivity (Wildman–Crippen MR) is 79.6 cm³/mol. The zero-order chi connectivity index (χ0) is 15.5. The molecule has 0 unspecified atom stereocenters. The predicted octanol–water partition coefficient (Wildman–Crippen LogP) is 4.03. The Morgan fingerprint density at radius 3 is 2.52 bits per heavy atom. The van der Waals surface area contributed by atoms with Crippen LogP contribution in [0.25, 0.3) is 0 Å². The SMILES string of the molecule is CCCN(CC(F)(F)F)c1ccc(CNC2CC2)c(C)c1. The van der Waals surface area contributed by atoms with Gasteiger partial charge in [0.2, 0.25) is 0 Å². The van der Waals surface area contributed by atoms with Gasteiger partial charge in [-0.25, -0.2) is 0 Å². The average Bonchev–Trinajstić information content (AvgIpc) is 3.19. The molecule has 1 aliphatic rings. The first-order chi connectivity index (χ1) is 9.89. The third-order valence-corrected chi connectivity index (χ3v) is 3.71. The van der Waals surface area contributed by atoms with Crippen molar-refractivity contribution >= 4 is 5.69 Å². The van der Waals surface area contributed by atoms with Crippen LogP contribution in [0.1, 0.15) is 37.3 Å². The second kappa shape index (κ2) is 6.69. The normalized spacial score (nSPS) is 15.3. The van der Waals surface area contributed by atoms with Gasteiger partial charge in [-0.3, -0.25) is 0 Å². The number of benzene rings is 1. The van der Waals surface area contributed by atoms with Gasteiger partial charge in [0.1, 0.15) is 6.54 Å². The van der Waals surface area contributed by atoms with E-state index in [1.165, 1.54) is 17.7 Å². The summed E-state index contributed by atoms with van der Waals surface area (Å²) in [5, 5.41) is 3.43. The summed E-state index contributed by atoms with van der Waals surface area (Å²) in [6, 6.07) is 6.24. The molecular weight excluding hydrogens is 277 g/mol. The fourth-order valence-electron chi connectivity index (χ4n) is 2.40. The zero-order valence-corrected chi connectivity index (χ0v) is 12.6. The lowest BCUT2D eigenvalue weighted by Crippen LogP contribution is -2.34. The molecule has 0 radical (unpaired) electrons. The van der Waals surface area contributed by atoms with E-state index in [9.17, 15) is 13.2 Å². The Bertz CT molecular complexity index is 467. The Kier molecular flexibility index (Phi) is 5.14. The number of aryl methyl sites for hydroxylation is 1. The smallest absolute Gasteiger partial charge is 0.363 e. The minimum absolute atomic E-state index is 0.415. The van der Waals surface area contributed by atoms with Crippen molar-refractivity contribution in [3.63, 3.8) is 0 Å². The molecule has 2 rings (SSSR count). The van der Waals surface area contributed by atoms with Crippen LogP contribution in [0, 0.1) is 6.92 Å². The summed E-state index contributed by atoms with van der Waals surface area (Å²) in [4.78, 5) is 1.41. The highest BCUT2D eigenvalue weighted by Crippen LogP contribution is 2.25. The van der Waals surface area contributed by atoms with Crippen LogP contribution in [-0.2, 0) is 6.54 Å². The van der Waals surface area contributed by atoms with Crippen LogP contribution in [0.2, 0.25) is 0 Å². The highest BCUT2D eigenvalue weighted by atomic mass is 19.4. The van der Waals surface area contributed by atoms with Gasteiger partial charge in [0, 0.05) is 24.8 Å². The first kappa shape index (κ1) is 16.1. The summed E-state index contributed by atoms with van der Waals surface area (Å²) in [6.07, 6.45) is -1.02. The summed E-state index contributed by atoms with van der Waals surface area (Å²) >= 11 is 0. The molecule has 1 aromatic carbocycles. The van der Waals surface area contributed by atoms with Crippen molar-refractivity contribution < 1.29 is 13.2 Å². The standard InChI is InChI=1S/C16H23F3N2/c1-3-8-21(11-16(17,18)19)15-7-4-13(12(2)9-15)10-20-14-5-6-14/h4,7,9,14,20H,3,5-6,8,10-11H2,1-2H3. The van der Waals surface area contributed by atoms with E-state index in [0.29, 0.717) is 24.7 Å². The number of hydrogen-bond donors (Lipinski definition) is 1.